The van der Waals surface area contributed by atoms with E-state index in [1.807, 2.05) is 0 Å². The Morgan fingerprint density at radius 1 is 0.900 bits per heavy atom. The highest BCUT2D eigenvalue weighted by Gasteiger charge is 2.60. The van der Waals surface area contributed by atoms with Gasteiger partial charge >= 0.3 is 0 Å². The molecule has 40 heavy (non-hydrogen) atoms. The summed E-state index contributed by atoms with van der Waals surface area (Å²) in [5.74, 6) is -1.03. The van der Waals surface area contributed by atoms with Crippen molar-refractivity contribution in [3.63, 3.8) is 0 Å². The average Bonchev–Trinajstić information content (AvgIpc) is 3.13. The van der Waals surface area contributed by atoms with E-state index in [2.05, 4.69) is 15.3 Å². The van der Waals surface area contributed by atoms with Crippen LogP contribution in [0.4, 0.5) is 0 Å². The summed E-state index contributed by atoms with van der Waals surface area (Å²) in [6.07, 6.45) is -17.3. The first-order chi connectivity index (χ1) is 18.7. The molecule has 0 aromatic carbocycles. The van der Waals surface area contributed by atoms with E-state index >= 15 is 0 Å². The van der Waals surface area contributed by atoms with Gasteiger partial charge in [0.05, 0.1) is 18.8 Å². The molecular weight excluding hydrogens is 542 g/mol. The van der Waals surface area contributed by atoms with Gasteiger partial charge in [0.15, 0.2) is 36.4 Å². The van der Waals surface area contributed by atoms with Gasteiger partial charge in [-0.25, -0.2) is 9.98 Å². The van der Waals surface area contributed by atoms with E-state index in [0.29, 0.717) is 0 Å². The molecule has 0 aromatic heterocycles. The minimum Gasteiger partial charge on any atom is -0.394 e. The number of ether oxygens (including phenoxy) is 4. The molecule has 1 unspecified atom stereocenters. The lowest BCUT2D eigenvalue weighted by molar-refractivity contribution is -0.314. The Hall–Kier alpha value is -2.27. The van der Waals surface area contributed by atoms with Crippen LogP contribution >= 0.6 is 0 Å². The number of aliphatic hydroxyl groups excluding tert-OH is 6. The Bertz CT molecular complexity index is 940. The smallest absolute Gasteiger partial charge is 0.188 e. The number of hydrogen-bond acceptors (Lipinski definition) is 15. The fourth-order valence-electron chi connectivity index (χ4n) is 5.08. The molecular formula is C21H39N7O12. The van der Waals surface area contributed by atoms with E-state index in [-0.39, 0.29) is 6.29 Å². The molecule has 2 heterocycles. The van der Waals surface area contributed by atoms with E-state index in [4.69, 9.17) is 41.9 Å². The van der Waals surface area contributed by atoms with Gasteiger partial charge in [0.25, 0.3) is 0 Å². The zero-order chi connectivity index (χ0) is 30.1. The van der Waals surface area contributed by atoms with Crippen molar-refractivity contribution in [1.29, 1.82) is 0 Å². The van der Waals surface area contributed by atoms with E-state index in [9.17, 15) is 40.5 Å². The van der Waals surface area contributed by atoms with E-state index < -0.39 is 110 Å². The summed E-state index contributed by atoms with van der Waals surface area (Å²) in [6.45, 7) is 0.620. The van der Waals surface area contributed by atoms with Gasteiger partial charge < -0.3 is 82.9 Å². The maximum absolute atomic E-state index is 12.1. The summed E-state index contributed by atoms with van der Waals surface area (Å²) in [7, 11) is 1.42. The number of rotatable bonds is 9. The van der Waals surface area contributed by atoms with Crippen LogP contribution in [0.1, 0.15) is 6.92 Å². The molecule has 2 aliphatic heterocycles. The third-order valence-corrected chi connectivity index (χ3v) is 7.34. The number of carbonyl (C=O) groups excluding carboxylic acids is 1. The lowest BCUT2D eigenvalue weighted by atomic mass is 9.81. The predicted molar refractivity (Wildman–Crippen MR) is 133 cm³/mol. The Kier molecular flexibility index (Phi) is 10.2. The molecule has 15 atom stereocenters. The van der Waals surface area contributed by atoms with E-state index in [1.54, 1.807) is 0 Å². The van der Waals surface area contributed by atoms with Gasteiger partial charge in [-0.15, -0.1) is 0 Å². The van der Waals surface area contributed by atoms with Gasteiger partial charge in [0, 0.05) is 0 Å². The molecule has 2 saturated heterocycles. The third kappa shape index (κ3) is 6.00. The highest BCUT2D eigenvalue weighted by Crippen LogP contribution is 2.38. The molecule has 3 fully saturated rings. The van der Waals surface area contributed by atoms with Crippen molar-refractivity contribution in [3.8, 4) is 0 Å². The summed E-state index contributed by atoms with van der Waals surface area (Å²) in [6, 6.07) is -4.08. The first-order valence-corrected chi connectivity index (χ1v) is 12.4. The van der Waals surface area contributed by atoms with Crippen LogP contribution in [0.5, 0.6) is 0 Å². The normalized spacial score (nSPS) is 47.4. The highest BCUT2D eigenvalue weighted by molar-refractivity contribution is 5.76. The van der Waals surface area contributed by atoms with E-state index in [1.165, 1.54) is 14.0 Å². The highest BCUT2D eigenvalue weighted by atomic mass is 16.8. The lowest BCUT2D eigenvalue weighted by Gasteiger charge is -2.45. The Balaban J connectivity index is 1.96. The first-order valence-electron chi connectivity index (χ1n) is 12.4. The standard InChI is InChI=1S/C21H39N7O12/c1-5-21(36,4-30)16(40-17-9(26-2)13(34)10(31)6(3-29)38-17)18(37-5)39-15-8(28-20(24)25)11(32)7(27-19(22)23)12(33)14(15)35/h4-18,26,29,31-36H,3H2,1-2H3,(H4,22,23,27)(H4,24,25,28)/t5-,6+,7-,8+,9-,10+,11-,12+,13-,14-,15-,16?,17-,18-,21+/m1/s1. The van der Waals surface area contributed by atoms with Gasteiger partial charge in [-0.2, -0.15) is 0 Å². The topological polar surface area (TPSA) is 336 Å². The van der Waals surface area contributed by atoms with Crippen LogP contribution in [0.15, 0.2) is 9.98 Å². The second-order valence-electron chi connectivity index (χ2n) is 9.89. The van der Waals surface area contributed by atoms with Crippen molar-refractivity contribution >= 4 is 18.2 Å². The summed E-state index contributed by atoms with van der Waals surface area (Å²) < 4.78 is 22.9. The molecule has 0 spiro atoms. The number of aliphatic imine (C=N–C) groups is 2. The Labute approximate surface area is 228 Å². The number of carbonyl (C=O) groups is 1. The van der Waals surface area contributed by atoms with Crippen molar-refractivity contribution in [1.82, 2.24) is 5.32 Å². The number of aliphatic hydroxyl groups is 7. The third-order valence-electron chi connectivity index (χ3n) is 7.34. The molecule has 0 aromatic rings. The van der Waals surface area contributed by atoms with Crippen molar-refractivity contribution in [2.45, 2.75) is 98.2 Å². The van der Waals surface area contributed by atoms with E-state index in [0.717, 1.165) is 0 Å². The number of guanidine groups is 2. The predicted octanol–water partition coefficient (Wildman–Crippen LogP) is -8.16. The average molecular weight is 582 g/mol. The van der Waals surface area contributed by atoms with Crippen LogP contribution in [0, 0.1) is 0 Å². The minimum absolute atomic E-state index is 0.140. The molecule has 1 aliphatic carbocycles. The molecule has 19 heteroatoms. The van der Waals surface area contributed by atoms with Crippen LogP contribution in [0.25, 0.3) is 0 Å². The molecule has 16 N–H and O–H groups in total. The van der Waals surface area contributed by atoms with Crippen molar-refractivity contribution in [2.75, 3.05) is 13.7 Å². The number of nitrogens with zero attached hydrogens (tertiary/aromatic N) is 2. The van der Waals surface area contributed by atoms with Gasteiger partial charge in [0.1, 0.15) is 60.9 Å². The Morgan fingerprint density at radius 3 is 2.02 bits per heavy atom. The zero-order valence-corrected chi connectivity index (χ0v) is 21.7. The largest absolute Gasteiger partial charge is 0.394 e. The van der Waals surface area contributed by atoms with Crippen molar-refractivity contribution < 1.29 is 59.5 Å². The Morgan fingerprint density at radius 2 is 1.50 bits per heavy atom. The van der Waals surface area contributed by atoms with Gasteiger partial charge in [-0.3, -0.25) is 4.79 Å². The summed E-state index contributed by atoms with van der Waals surface area (Å²) >= 11 is 0. The molecule has 3 aliphatic rings. The lowest BCUT2D eigenvalue weighted by Crippen LogP contribution is -2.66. The van der Waals surface area contributed by atoms with Crippen molar-refractivity contribution in [3.05, 3.63) is 0 Å². The SMILES string of the molecule is CN[C@H]1[C@@H](OC2[C@@H](O[C@H]3[C@H](O)[C@@H](O)[C@H](N=C(N)N)[C@@H](O)[C@@H]3N=C(N)N)O[C@H](C)[C@@]2(O)C=O)O[C@@H](CO)[C@H](O)[C@@H]1O. The second kappa shape index (κ2) is 12.7. The van der Waals surface area contributed by atoms with Crippen LogP contribution in [0.3, 0.4) is 0 Å². The summed E-state index contributed by atoms with van der Waals surface area (Å²) in [5.41, 5.74) is 19.4. The molecule has 3 rings (SSSR count). The number of likely N-dealkylation sites (N-methyl/N-ethyl adjacent to an activating group) is 1. The first kappa shape index (κ1) is 32.2. The maximum Gasteiger partial charge on any atom is 0.188 e. The van der Waals surface area contributed by atoms with Crippen molar-refractivity contribution in [2.24, 2.45) is 32.9 Å². The summed E-state index contributed by atoms with van der Waals surface area (Å²) in [4.78, 5) is 19.7. The van der Waals surface area contributed by atoms with Crippen LogP contribution in [-0.2, 0) is 23.7 Å². The monoisotopic (exact) mass is 581 g/mol. The fourth-order valence-corrected chi connectivity index (χ4v) is 5.08. The van der Waals surface area contributed by atoms with Crippen LogP contribution in [-0.4, -0.2) is 159 Å². The van der Waals surface area contributed by atoms with Gasteiger partial charge in [-0.1, -0.05) is 0 Å². The van der Waals surface area contributed by atoms with Crippen LogP contribution in [0.2, 0.25) is 0 Å². The number of nitrogens with two attached hydrogens (primary N) is 4. The molecule has 0 radical (unpaired) electrons. The number of aldehydes is 1. The number of hydrogen-bond donors (Lipinski definition) is 12. The fraction of sp³-hybridized carbons (Fsp3) is 0.857. The minimum atomic E-state index is -2.38. The molecule has 19 nitrogen and oxygen atoms in total. The molecule has 230 valence electrons. The number of nitrogens with one attached hydrogen (secondary N) is 1. The summed E-state index contributed by atoms with van der Waals surface area (Å²) in [5, 5.41) is 76.6. The second-order valence-corrected chi connectivity index (χ2v) is 9.89. The zero-order valence-electron chi connectivity index (χ0n) is 21.7. The maximum atomic E-state index is 12.1. The van der Waals surface area contributed by atoms with Gasteiger partial charge in [0.2, 0.25) is 0 Å². The van der Waals surface area contributed by atoms with Gasteiger partial charge in [-0.05, 0) is 14.0 Å². The molecule has 1 saturated carbocycles. The quantitative estimate of drug-likeness (QED) is 0.0682. The molecule has 0 amide bonds. The van der Waals surface area contributed by atoms with Crippen LogP contribution < -0.4 is 28.3 Å². The molecule has 0 bridgehead atoms.